The van der Waals surface area contributed by atoms with Crippen molar-refractivity contribution >= 4 is 11.3 Å². The van der Waals surface area contributed by atoms with E-state index in [1.165, 1.54) is 16.8 Å². The second-order valence-corrected chi connectivity index (χ2v) is 4.10. The zero-order chi connectivity index (χ0) is 10.3. The van der Waals surface area contributed by atoms with E-state index in [9.17, 15) is 0 Å². The van der Waals surface area contributed by atoms with Gasteiger partial charge in [-0.15, -0.1) is 0 Å². The highest BCUT2D eigenvalue weighted by atomic mass is 15.2. The minimum absolute atomic E-state index is 0.581. The summed E-state index contributed by atoms with van der Waals surface area (Å²) in [7, 11) is 0. The Kier molecular flexibility index (Phi) is 1.91. The van der Waals surface area contributed by atoms with Crippen LogP contribution in [0.1, 0.15) is 18.9 Å². The fourth-order valence-electron chi connectivity index (χ4n) is 2.71. The molecule has 0 saturated heterocycles. The van der Waals surface area contributed by atoms with Crippen molar-refractivity contribution in [3.05, 3.63) is 48.1 Å². The maximum atomic E-state index is 2.50. The van der Waals surface area contributed by atoms with Gasteiger partial charge in [0.15, 0.2) is 0 Å². The molecule has 76 valence electrons. The SMILES string of the molecule is CCN1c2ccccc2C2=CC=CCC21. The monoisotopic (exact) mass is 197 g/mol. The molecule has 0 saturated carbocycles. The van der Waals surface area contributed by atoms with Crippen LogP contribution in [-0.4, -0.2) is 12.6 Å². The van der Waals surface area contributed by atoms with Crippen LogP contribution in [0.3, 0.4) is 0 Å². The van der Waals surface area contributed by atoms with E-state index in [0.29, 0.717) is 6.04 Å². The first-order valence-corrected chi connectivity index (χ1v) is 5.64. The third-order valence-electron chi connectivity index (χ3n) is 3.37. The lowest BCUT2D eigenvalue weighted by Gasteiger charge is -2.26. The molecule has 1 unspecified atom stereocenters. The van der Waals surface area contributed by atoms with Gasteiger partial charge in [0.1, 0.15) is 0 Å². The van der Waals surface area contributed by atoms with Crippen LogP contribution in [-0.2, 0) is 0 Å². The molecule has 1 heterocycles. The summed E-state index contributed by atoms with van der Waals surface area (Å²) >= 11 is 0. The highest BCUT2D eigenvalue weighted by molar-refractivity contribution is 5.89. The molecule has 0 N–H and O–H groups in total. The van der Waals surface area contributed by atoms with Crippen LogP contribution in [0.25, 0.3) is 5.57 Å². The maximum Gasteiger partial charge on any atom is 0.0583 e. The Hall–Kier alpha value is -1.50. The normalized spacial score (nSPS) is 22.3. The van der Waals surface area contributed by atoms with Gasteiger partial charge in [-0.3, -0.25) is 0 Å². The summed E-state index contributed by atoms with van der Waals surface area (Å²) in [6.07, 6.45) is 7.86. The average molecular weight is 197 g/mol. The Morgan fingerprint density at radius 2 is 2.20 bits per heavy atom. The van der Waals surface area contributed by atoms with Crippen LogP contribution in [0.4, 0.5) is 5.69 Å². The van der Waals surface area contributed by atoms with Gasteiger partial charge in [0.25, 0.3) is 0 Å². The van der Waals surface area contributed by atoms with Gasteiger partial charge in [-0.05, 0) is 25.0 Å². The van der Waals surface area contributed by atoms with Gasteiger partial charge in [-0.25, -0.2) is 0 Å². The van der Waals surface area contributed by atoms with Crippen LogP contribution in [0.5, 0.6) is 0 Å². The van der Waals surface area contributed by atoms with E-state index in [1.54, 1.807) is 0 Å². The highest BCUT2D eigenvalue weighted by Gasteiger charge is 2.32. The van der Waals surface area contributed by atoms with E-state index in [1.807, 2.05) is 0 Å². The Balaban J connectivity index is 2.18. The van der Waals surface area contributed by atoms with Crippen molar-refractivity contribution in [2.24, 2.45) is 0 Å². The summed E-state index contributed by atoms with van der Waals surface area (Å²) in [6.45, 7) is 3.32. The summed E-state index contributed by atoms with van der Waals surface area (Å²) in [5, 5.41) is 0. The molecular formula is C14H15N. The number of hydrogen-bond donors (Lipinski definition) is 0. The average Bonchev–Trinajstić information content (AvgIpc) is 2.63. The van der Waals surface area contributed by atoms with Gasteiger partial charge in [0.2, 0.25) is 0 Å². The molecule has 0 fully saturated rings. The molecule has 1 aromatic rings. The topological polar surface area (TPSA) is 3.24 Å². The lowest BCUT2D eigenvalue weighted by Crippen LogP contribution is -2.31. The number of benzene rings is 1. The van der Waals surface area contributed by atoms with Crippen LogP contribution in [0.15, 0.2) is 42.5 Å². The standard InChI is InChI=1S/C14H15N/c1-2-15-13-9-5-3-7-11(13)12-8-4-6-10-14(12)15/h3-9,14H,2,10H2,1H3. The van der Waals surface area contributed by atoms with Crippen LogP contribution in [0.2, 0.25) is 0 Å². The molecule has 15 heavy (non-hydrogen) atoms. The first-order valence-electron chi connectivity index (χ1n) is 5.64. The molecule has 1 atom stereocenters. The third-order valence-corrected chi connectivity index (χ3v) is 3.37. The van der Waals surface area contributed by atoms with E-state index < -0.39 is 0 Å². The summed E-state index contributed by atoms with van der Waals surface area (Å²) < 4.78 is 0. The molecule has 1 aromatic carbocycles. The molecule has 0 amide bonds. The van der Waals surface area contributed by atoms with Gasteiger partial charge in [0.05, 0.1) is 6.04 Å². The molecule has 1 aliphatic heterocycles. The van der Waals surface area contributed by atoms with Crippen molar-refractivity contribution in [3.63, 3.8) is 0 Å². The number of likely N-dealkylation sites (N-methyl/N-ethyl adjacent to an activating group) is 1. The highest BCUT2D eigenvalue weighted by Crippen LogP contribution is 2.42. The fourth-order valence-corrected chi connectivity index (χ4v) is 2.71. The maximum absolute atomic E-state index is 2.50. The molecule has 3 rings (SSSR count). The molecule has 1 heteroatoms. The molecule has 1 nitrogen and oxygen atoms in total. The Morgan fingerprint density at radius 1 is 1.33 bits per heavy atom. The van der Waals surface area contributed by atoms with E-state index in [0.717, 1.165) is 13.0 Å². The lowest BCUT2D eigenvalue weighted by molar-refractivity contribution is 0.743. The zero-order valence-corrected chi connectivity index (χ0v) is 8.98. The molecule has 2 aliphatic rings. The smallest absolute Gasteiger partial charge is 0.0583 e. The second-order valence-electron chi connectivity index (χ2n) is 4.10. The second kappa shape index (κ2) is 3.27. The first-order chi connectivity index (χ1) is 7.42. The molecule has 0 spiro atoms. The van der Waals surface area contributed by atoms with E-state index in [2.05, 4.69) is 54.3 Å². The van der Waals surface area contributed by atoms with E-state index in [-0.39, 0.29) is 0 Å². The van der Waals surface area contributed by atoms with Gasteiger partial charge < -0.3 is 4.90 Å². The minimum Gasteiger partial charge on any atom is -0.364 e. The van der Waals surface area contributed by atoms with Crippen LogP contribution >= 0.6 is 0 Å². The lowest BCUT2D eigenvalue weighted by atomic mass is 9.96. The Bertz CT molecular complexity index is 442. The van der Waals surface area contributed by atoms with Gasteiger partial charge in [0, 0.05) is 17.8 Å². The third kappa shape index (κ3) is 1.16. The Labute approximate surface area is 90.7 Å². The van der Waals surface area contributed by atoms with E-state index >= 15 is 0 Å². The number of para-hydroxylation sites is 1. The van der Waals surface area contributed by atoms with Gasteiger partial charge >= 0.3 is 0 Å². The number of allylic oxidation sites excluding steroid dienone is 2. The van der Waals surface area contributed by atoms with Gasteiger partial charge in [-0.2, -0.15) is 0 Å². The zero-order valence-electron chi connectivity index (χ0n) is 8.98. The van der Waals surface area contributed by atoms with Crippen LogP contribution in [0, 0.1) is 0 Å². The summed E-state index contributed by atoms with van der Waals surface area (Å²) in [5.74, 6) is 0. The number of rotatable bonds is 1. The van der Waals surface area contributed by atoms with Crippen molar-refractivity contribution in [2.45, 2.75) is 19.4 Å². The molecule has 0 bridgehead atoms. The first kappa shape index (κ1) is 8.78. The van der Waals surface area contributed by atoms with Crippen molar-refractivity contribution in [3.8, 4) is 0 Å². The number of nitrogens with zero attached hydrogens (tertiary/aromatic N) is 1. The van der Waals surface area contributed by atoms with Crippen molar-refractivity contribution in [2.75, 3.05) is 11.4 Å². The molecule has 0 aromatic heterocycles. The quantitative estimate of drug-likeness (QED) is 0.668. The summed E-state index contributed by atoms with van der Waals surface area (Å²) in [5.41, 5.74) is 4.32. The number of anilines is 1. The summed E-state index contributed by atoms with van der Waals surface area (Å²) in [6, 6.07) is 9.32. The number of fused-ring (bicyclic) bond motifs is 3. The molecule has 0 radical (unpaired) electrons. The molecule has 1 aliphatic carbocycles. The van der Waals surface area contributed by atoms with Gasteiger partial charge in [-0.1, -0.05) is 36.4 Å². The number of hydrogen-bond acceptors (Lipinski definition) is 1. The van der Waals surface area contributed by atoms with Crippen molar-refractivity contribution < 1.29 is 0 Å². The van der Waals surface area contributed by atoms with E-state index in [4.69, 9.17) is 0 Å². The van der Waals surface area contributed by atoms with Crippen LogP contribution < -0.4 is 4.90 Å². The predicted molar refractivity (Wildman–Crippen MR) is 65.0 cm³/mol. The largest absolute Gasteiger partial charge is 0.364 e. The minimum atomic E-state index is 0.581. The fraction of sp³-hybridized carbons (Fsp3) is 0.286. The Morgan fingerprint density at radius 3 is 3.07 bits per heavy atom. The van der Waals surface area contributed by atoms with Crippen molar-refractivity contribution in [1.82, 2.24) is 0 Å². The molecular weight excluding hydrogens is 182 g/mol. The predicted octanol–water partition coefficient (Wildman–Crippen LogP) is 3.24. The van der Waals surface area contributed by atoms with Crippen molar-refractivity contribution in [1.29, 1.82) is 0 Å². The summed E-state index contributed by atoms with van der Waals surface area (Å²) in [4.78, 5) is 2.50.